The first-order chi connectivity index (χ1) is 12.8. The third-order valence-corrected chi connectivity index (χ3v) is 4.52. The molecule has 0 saturated carbocycles. The lowest BCUT2D eigenvalue weighted by Gasteiger charge is -2.14. The molecule has 1 aromatic heterocycles. The van der Waals surface area contributed by atoms with Crippen molar-refractivity contribution >= 4 is 10.9 Å². The maximum atomic E-state index is 14.3. The molecule has 0 atom stereocenters. The van der Waals surface area contributed by atoms with E-state index in [1.165, 1.54) is 11.6 Å². The zero-order chi connectivity index (χ0) is 17.9. The number of benzene rings is 3. The van der Waals surface area contributed by atoms with E-state index in [1.807, 2.05) is 48.5 Å². The predicted octanol–water partition coefficient (Wildman–Crippen LogP) is 5.64. The molecule has 0 saturated heterocycles. The van der Waals surface area contributed by atoms with Gasteiger partial charge in [-0.15, -0.1) is 0 Å². The molecular weight excluding hydrogens is 325 g/mol. The van der Waals surface area contributed by atoms with Crippen LogP contribution in [0.5, 0.6) is 5.75 Å². The number of aromatic nitrogens is 1. The van der Waals surface area contributed by atoms with Crippen LogP contribution < -0.4 is 4.74 Å². The molecule has 4 aromatic rings. The first-order valence-electron chi connectivity index (χ1n) is 8.51. The van der Waals surface area contributed by atoms with Crippen LogP contribution in [0.2, 0.25) is 0 Å². The number of nitrogens with zero attached hydrogens (tertiary/aromatic N) is 1. The number of hydrogen-bond acceptors (Lipinski definition) is 2. The van der Waals surface area contributed by atoms with Crippen molar-refractivity contribution in [3.63, 3.8) is 0 Å². The molecule has 1 heterocycles. The number of ether oxygens (including phenoxy) is 1. The summed E-state index contributed by atoms with van der Waals surface area (Å²) in [5, 5.41) is 0.812. The van der Waals surface area contributed by atoms with E-state index in [1.54, 1.807) is 19.4 Å². The van der Waals surface area contributed by atoms with Crippen molar-refractivity contribution in [2.45, 2.75) is 6.42 Å². The topological polar surface area (TPSA) is 22.1 Å². The molecule has 3 aromatic carbocycles. The van der Waals surface area contributed by atoms with Gasteiger partial charge in [0.15, 0.2) is 0 Å². The Bertz CT molecular complexity index is 1060. The summed E-state index contributed by atoms with van der Waals surface area (Å²) in [5.74, 6) is 0.465. The number of hydrogen-bond donors (Lipinski definition) is 0. The summed E-state index contributed by atoms with van der Waals surface area (Å²) < 4.78 is 19.7. The Balaban J connectivity index is 1.96. The summed E-state index contributed by atoms with van der Waals surface area (Å²) in [5.41, 5.74) is 4.63. The Kier molecular flexibility index (Phi) is 4.36. The third kappa shape index (κ3) is 3.04. The third-order valence-electron chi connectivity index (χ3n) is 4.52. The largest absolute Gasteiger partial charge is 0.497 e. The lowest BCUT2D eigenvalue weighted by atomic mass is 9.93. The van der Waals surface area contributed by atoms with E-state index in [0.717, 1.165) is 34.2 Å². The number of methoxy groups -OCH3 is 1. The monoisotopic (exact) mass is 343 g/mol. The van der Waals surface area contributed by atoms with Crippen molar-refractivity contribution in [1.82, 2.24) is 4.98 Å². The van der Waals surface area contributed by atoms with Crippen molar-refractivity contribution in [1.29, 1.82) is 0 Å². The van der Waals surface area contributed by atoms with Gasteiger partial charge in [0.2, 0.25) is 0 Å². The van der Waals surface area contributed by atoms with E-state index in [2.05, 4.69) is 17.1 Å². The Labute approximate surface area is 151 Å². The van der Waals surface area contributed by atoms with E-state index in [0.29, 0.717) is 5.52 Å². The van der Waals surface area contributed by atoms with Crippen molar-refractivity contribution < 1.29 is 9.13 Å². The van der Waals surface area contributed by atoms with Gasteiger partial charge in [0.25, 0.3) is 0 Å². The van der Waals surface area contributed by atoms with Gasteiger partial charge in [-0.2, -0.15) is 0 Å². The number of halogens is 1. The molecule has 0 aliphatic carbocycles. The van der Waals surface area contributed by atoms with Gasteiger partial charge in [0.05, 0.1) is 7.11 Å². The van der Waals surface area contributed by atoms with Gasteiger partial charge < -0.3 is 4.74 Å². The van der Waals surface area contributed by atoms with Crippen molar-refractivity contribution in [2.24, 2.45) is 0 Å². The molecule has 0 fully saturated rings. The van der Waals surface area contributed by atoms with Crippen LogP contribution in [0, 0.1) is 5.82 Å². The van der Waals surface area contributed by atoms with Crippen LogP contribution in [0.4, 0.5) is 4.39 Å². The van der Waals surface area contributed by atoms with E-state index in [9.17, 15) is 4.39 Å². The van der Waals surface area contributed by atoms with Gasteiger partial charge in [-0.1, -0.05) is 54.6 Å². The number of rotatable bonds is 4. The maximum Gasteiger partial charge on any atom is 0.149 e. The summed E-state index contributed by atoms with van der Waals surface area (Å²) >= 11 is 0. The van der Waals surface area contributed by atoms with Crippen molar-refractivity contribution in [3.8, 4) is 16.9 Å². The van der Waals surface area contributed by atoms with Gasteiger partial charge in [-0.3, -0.25) is 4.98 Å². The van der Waals surface area contributed by atoms with Gasteiger partial charge in [-0.25, -0.2) is 4.39 Å². The lowest BCUT2D eigenvalue weighted by molar-refractivity contribution is 0.415. The quantitative estimate of drug-likeness (QED) is 0.478. The highest BCUT2D eigenvalue weighted by Gasteiger charge is 2.14. The van der Waals surface area contributed by atoms with Gasteiger partial charge in [0, 0.05) is 11.6 Å². The first kappa shape index (κ1) is 16.3. The molecule has 0 aliphatic rings. The average molecular weight is 343 g/mol. The maximum absolute atomic E-state index is 14.3. The average Bonchev–Trinajstić information content (AvgIpc) is 2.69. The molecule has 0 unspecified atom stereocenters. The number of pyridine rings is 1. The van der Waals surface area contributed by atoms with Gasteiger partial charge in [0.1, 0.15) is 17.1 Å². The zero-order valence-corrected chi connectivity index (χ0v) is 14.4. The summed E-state index contributed by atoms with van der Waals surface area (Å²) in [6.07, 6.45) is 2.51. The molecule has 2 nitrogen and oxygen atoms in total. The van der Waals surface area contributed by atoms with Gasteiger partial charge >= 0.3 is 0 Å². The molecule has 0 N–H and O–H groups in total. The van der Waals surface area contributed by atoms with Crippen LogP contribution in [-0.2, 0) is 6.42 Å². The fourth-order valence-electron chi connectivity index (χ4n) is 3.30. The van der Waals surface area contributed by atoms with Crippen molar-refractivity contribution in [3.05, 3.63) is 95.9 Å². The number of fused-ring (bicyclic) bond motifs is 1. The van der Waals surface area contributed by atoms with Crippen LogP contribution in [0.15, 0.2) is 79.0 Å². The Morgan fingerprint density at radius 2 is 1.73 bits per heavy atom. The lowest BCUT2D eigenvalue weighted by Crippen LogP contribution is -1.97. The minimum atomic E-state index is -0.307. The number of para-hydroxylation sites is 1. The SMILES string of the molecule is COc1cccc(-c2c(Cc3ccccc3)cnc3c(F)cccc23)c1. The van der Waals surface area contributed by atoms with Crippen LogP contribution >= 0.6 is 0 Å². The second kappa shape index (κ2) is 6.96. The zero-order valence-electron chi connectivity index (χ0n) is 14.4. The van der Waals surface area contributed by atoms with Crippen LogP contribution in [0.25, 0.3) is 22.0 Å². The molecule has 128 valence electrons. The van der Waals surface area contributed by atoms with Gasteiger partial charge in [-0.05, 0) is 46.9 Å². The van der Waals surface area contributed by atoms with E-state index in [4.69, 9.17) is 4.74 Å². The molecule has 3 heteroatoms. The van der Waals surface area contributed by atoms with Crippen LogP contribution in [0.3, 0.4) is 0 Å². The summed E-state index contributed by atoms with van der Waals surface area (Å²) in [4.78, 5) is 4.40. The highest BCUT2D eigenvalue weighted by atomic mass is 19.1. The second-order valence-electron chi connectivity index (χ2n) is 6.19. The van der Waals surface area contributed by atoms with Crippen LogP contribution in [0.1, 0.15) is 11.1 Å². The molecule has 26 heavy (non-hydrogen) atoms. The molecular formula is C23H18FNO. The highest BCUT2D eigenvalue weighted by Crippen LogP contribution is 2.34. The summed E-state index contributed by atoms with van der Waals surface area (Å²) in [6.45, 7) is 0. The summed E-state index contributed by atoms with van der Waals surface area (Å²) in [6, 6.07) is 23.2. The molecule has 0 aliphatic heterocycles. The molecule has 0 spiro atoms. The van der Waals surface area contributed by atoms with E-state index in [-0.39, 0.29) is 5.82 Å². The standard InChI is InChI=1S/C23H18FNO/c1-26-19-10-5-9-17(14-19)22-18(13-16-7-3-2-4-8-16)15-25-23-20(22)11-6-12-21(23)24/h2-12,14-15H,13H2,1H3. The predicted molar refractivity (Wildman–Crippen MR) is 103 cm³/mol. The summed E-state index contributed by atoms with van der Waals surface area (Å²) in [7, 11) is 1.65. The smallest absolute Gasteiger partial charge is 0.149 e. The van der Waals surface area contributed by atoms with Crippen LogP contribution in [-0.4, -0.2) is 12.1 Å². The Morgan fingerprint density at radius 3 is 2.54 bits per heavy atom. The van der Waals surface area contributed by atoms with E-state index >= 15 is 0 Å². The molecule has 0 amide bonds. The second-order valence-corrected chi connectivity index (χ2v) is 6.19. The Hall–Kier alpha value is -3.20. The Morgan fingerprint density at radius 1 is 0.923 bits per heavy atom. The molecule has 4 rings (SSSR count). The first-order valence-corrected chi connectivity index (χ1v) is 8.51. The fourth-order valence-corrected chi connectivity index (χ4v) is 3.30. The molecule has 0 radical (unpaired) electrons. The minimum absolute atomic E-state index is 0.307. The normalized spacial score (nSPS) is 10.8. The van der Waals surface area contributed by atoms with Crippen molar-refractivity contribution in [2.75, 3.05) is 7.11 Å². The van der Waals surface area contributed by atoms with E-state index < -0.39 is 0 Å². The minimum Gasteiger partial charge on any atom is -0.497 e. The molecule has 0 bridgehead atoms. The fraction of sp³-hybridized carbons (Fsp3) is 0.0870. The highest BCUT2D eigenvalue weighted by molar-refractivity contribution is 5.96.